The highest BCUT2D eigenvalue weighted by atomic mass is 16.5. The summed E-state index contributed by atoms with van der Waals surface area (Å²) in [5, 5.41) is 2.87. The molecule has 0 bridgehead atoms. The third-order valence-corrected chi connectivity index (χ3v) is 8.68. The van der Waals surface area contributed by atoms with Gasteiger partial charge in [0, 0.05) is 39.0 Å². The van der Waals surface area contributed by atoms with Crippen LogP contribution < -0.4 is 11.1 Å². The van der Waals surface area contributed by atoms with Crippen LogP contribution in [0.25, 0.3) is 0 Å². The van der Waals surface area contributed by atoms with Gasteiger partial charge in [-0.05, 0) is 12.8 Å². The summed E-state index contributed by atoms with van der Waals surface area (Å²) in [5.74, 6) is 0.0478. The second kappa shape index (κ2) is 37.3. The third kappa shape index (κ3) is 34.0. The number of nitrogens with zero attached hydrogens (tertiary/aromatic N) is 1. The minimum absolute atomic E-state index is 0.0815. The Hall–Kier alpha value is -1.18. The van der Waals surface area contributed by atoms with Crippen molar-refractivity contribution in [1.82, 2.24) is 10.2 Å². The Balaban J connectivity index is 4.20. The van der Waals surface area contributed by atoms with E-state index in [1.807, 2.05) is 4.90 Å². The number of hydrogen-bond acceptors (Lipinski definition) is 5. The van der Waals surface area contributed by atoms with Crippen molar-refractivity contribution in [1.29, 1.82) is 0 Å². The first-order valence-electron chi connectivity index (χ1n) is 19.6. The fourth-order valence-electron chi connectivity index (χ4n) is 5.78. The number of ether oxygens (including phenoxy) is 2. The first-order chi connectivity index (χ1) is 22.2. The molecule has 0 aliphatic rings. The number of nitrogens with one attached hydrogen (secondary N) is 1. The van der Waals surface area contributed by atoms with Crippen LogP contribution in [0, 0.1) is 0 Å². The van der Waals surface area contributed by atoms with Gasteiger partial charge >= 0.3 is 0 Å². The molecule has 0 heterocycles. The monoisotopic (exact) mass is 640 g/mol. The second-order valence-corrected chi connectivity index (χ2v) is 13.0. The van der Waals surface area contributed by atoms with E-state index in [1.54, 1.807) is 0 Å². The molecular weight excluding hydrogens is 562 g/mol. The van der Waals surface area contributed by atoms with E-state index in [1.165, 1.54) is 141 Å². The summed E-state index contributed by atoms with van der Waals surface area (Å²) in [5.41, 5.74) is 5.39. The predicted molar refractivity (Wildman–Crippen MR) is 192 cm³/mol. The zero-order valence-corrected chi connectivity index (χ0v) is 30.2. The van der Waals surface area contributed by atoms with Crippen molar-refractivity contribution in [2.45, 2.75) is 181 Å². The summed E-state index contributed by atoms with van der Waals surface area (Å²) >= 11 is 0. The number of amides is 2. The van der Waals surface area contributed by atoms with Gasteiger partial charge in [0.1, 0.15) is 0 Å². The average molecular weight is 640 g/mol. The molecule has 268 valence electrons. The van der Waals surface area contributed by atoms with Gasteiger partial charge in [-0.15, -0.1) is 0 Å². The van der Waals surface area contributed by atoms with E-state index in [0.717, 1.165) is 25.9 Å². The highest BCUT2D eigenvalue weighted by molar-refractivity contribution is 5.83. The smallest absolute Gasteiger partial charge is 0.223 e. The first kappa shape index (κ1) is 43.8. The number of carbonyl (C=O) groups is 2. The van der Waals surface area contributed by atoms with Crippen molar-refractivity contribution in [3.05, 3.63) is 0 Å². The molecule has 0 saturated carbocycles. The molecule has 2 amide bonds. The number of unbranched alkanes of at least 4 members (excludes halogenated alkanes) is 22. The minimum Gasteiger partial charge on any atom is -0.378 e. The van der Waals surface area contributed by atoms with Crippen LogP contribution >= 0.6 is 0 Å². The maximum atomic E-state index is 13.1. The van der Waals surface area contributed by atoms with E-state index in [-0.39, 0.29) is 24.7 Å². The van der Waals surface area contributed by atoms with E-state index in [4.69, 9.17) is 15.2 Å². The van der Waals surface area contributed by atoms with Crippen molar-refractivity contribution in [3.63, 3.8) is 0 Å². The van der Waals surface area contributed by atoms with Crippen LogP contribution in [0.3, 0.4) is 0 Å². The predicted octanol–water partition coefficient (Wildman–Crippen LogP) is 9.11. The molecule has 0 rings (SSSR count). The number of nitrogens with two attached hydrogens (primary N) is 1. The van der Waals surface area contributed by atoms with Crippen LogP contribution in [-0.2, 0) is 19.1 Å². The van der Waals surface area contributed by atoms with Gasteiger partial charge in [-0.2, -0.15) is 0 Å². The van der Waals surface area contributed by atoms with Gasteiger partial charge in [0.05, 0.1) is 26.4 Å². The lowest BCUT2D eigenvalue weighted by atomic mass is 10.0. The van der Waals surface area contributed by atoms with Crippen molar-refractivity contribution in [2.24, 2.45) is 5.73 Å². The van der Waals surface area contributed by atoms with Gasteiger partial charge in [0.2, 0.25) is 11.8 Å². The molecule has 0 saturated heterocycles. The summed E-state index contributed by atoms with van der Waals surface area (Å²) in [6.07, 6.45) is 32.2. The van der Waals surface area contributed by atoms with Crippen molar-refractivity contribution < 1.29 is 19.1 Å². The number of carbonyl (C=O) groups excluding carboxylic acids is 2. The lowest BCUT2D eigenvalue weighted by molar-refractivity contribution is -0.133. The van der Waals surface area contributed by atoms with Crippen molar-refractivity contribution in [2.75, 3.05) is 52.6 Å². The van der Waals surface area contributed by atoms with Crippen molar-refractivity contribution in [3.8, 4) is 0 Å². The molecular formula is C38H77N3O4. The normalized spacial score (nSPS) is 11.3. The Morgan fingerprint density at radius 3 is 1.29 bits per heavy atom. The number of rotatable bonds is 37. The fourth-order valence-corrected chi connectivity index (χ4v) is 5.78. The molecule has 0 aliphatic heterocycles. The van der Waals surface area contributed by atoms with Gasteiger partial charge < -0.3 is 25.4 Å². The fraction of sp³-hybridized carbons (Fsp3) is 0.947. The molecule has 0 aliphatic carbocycles. The maximum absolute atomic E-state index is 13.1. The highest BCUT2D eigenvalue weighted by Crippen LogP contribution is 2.14. The van der Waals surface area contributed by atoms with Gasteiger partial charge in [0.15, 0.2) is 0 Å². The Labute approximate surface area is 279 Å². The largest absolute Gasteiger partial charge is 0.378 e. The molecule has 0 aromatic heterocycles. The molecule has 45 heavy (non-hydrogen) atoms. The van der Waals surface area contributed by atoms with E-state index in [0.29, 0.717) is 39.5 Å². The molecule has 7 nitrogen and oxygen atoms in total. The maximum Gasteiger partial charge on any atom is 0.223 e. The zero-order chi connectivity index (χ0) is 32.9. The molecule has 7 heteroatoms. The molecule has 0 radical (unpaired) electrons. The van der Waals surface area contributed by atoms with Gasteiger partial charge in [0.25, 0.3) is 0 Å². The average Bonchev–Trinajstić information content (AvgIpc) is 3.04. The lowest BCUT2D eigenvalue weighted by Crippen LogP contribution is -2.34. The minimum atomic E-state index is -0.0815. The molecule has 0 aromatic carbocycles. The zero-order valence-electron chi connectivity index (χ0n) is 30.2. The van der Waals surface area contributed by atoms with Crippen LogP contribution in [0.5, 0.6) is 0 Å². The SMILES string of the molecule is CCCCCCCCCCCCCCN(CCCCCCCCCCCCCC)C(=O)CCC(=O)NCCOCCOCCN. The Morgan fingerprint density at radius 2 is 0.889 bits per heavy atom. The molecule has 0 spiro atoms. The van der Waals surface area contributed by atoms with Gasteiger partial charge in [-0.3, -0.25) is 9.59 Å². The number of hydrogen-bond donors (Lipinski definition) is 2. The standard InChI is InChI=1S/C38H77N3O4/c1-3-5-7-9-11-13-15-17-19-21-23-25-31-41(32-26-24-22-20-18-16-14-12-10-8-6-4-2)38(43)28-27-37(42)40-30-34-45-36-35-44-33-29-39/h3-36,39H2,1-2H3,(H,40,42). The summed E-state index contributed by atoms with van der Waals surface area (Å²) in [7, 11) is 0. The van der Waals surface area contributed by atoms with Crippen LogP contribution in [0.1, 0.15) is 181 Å². The van der Waals surface area contributed by atoms with Gasteiger partial charge in [-0.25, -0.2) is 0 Å². The molecule has 3 N–H and O–H groups in total. The van der Waals surface area contributed by atoms with E-state index in [9.17, 15) is 9.59 Å². The Morgan fingerprint density at radius 1 is 0.511 bits per heavy atom. The summed E-state index contributed by atoms with van der Waals surface area (Å²) in [6.45, 7) is 9.13. The molecule has 0 atom stereocenters. The lowest BCUT2D eigenvalue weighted by Gasteiger charge is -2.23. The quantitative estimate of drug-likeness (QED) is 0.0661. The van der Waals surface area contributed by atoms with Crippen LogP contribution in [0.4, 0.5) is 0 Å². The van der Waals surface area contributed by atoms with E-state index < -0.39 is 0 Å². The summed E-state index contributed by atoms with van der Waals surface area (Å²) in [6, 6.07) is 0. The van der Waals surface area contributed by atoms with E-state index in [2.05, 4.69) is 19.2 Å². The molecule has 0 fully saturated rings. The van der Waals surface area contributed by atoms with Crippen LogP contribution in [0.2, 0.25) is 0 Å². The van der Waals surface area contributed by atoms with Crippen LogP contribution in [-0.4, -0.2) is 69.3 Å². The van der Waals surface area contributed by atoms with Crippen LogP contribution in [0.15, 0.2) is 0 Å². The first-order valence-corrected chi connectivity index (χ1v) is 19.6. The third-order valence-electron chi connectivity index (χ3n) is 8.68. The Kier molecular flexibility index (Phi) is 36.3. The Bertz CT molecular complexity index is 592. The second-order valence-electron chi connectivity index (χ2n) is 13.0. The molecule has 0 unspecified atom stereocenters. The van der Waals surface area contributed by atoms with Crippen molar-refractivity contribution >= 4 is 11.8 Å². The van der Waals surface area contributed by atoms with E-state index >= 15 is 0 Å². The molecule has 0 aromatic rings. The van der Waals surface area contributed by atoms with Gasteiger partial charge in [-0.1, -0.05) is 155 Å². The summed E-state index contributed by atoms with van der Waals surface area (Å²) in [4.78, 5) is 27.5. The topological polar surface area (TPSA) is 93.9 Å². The highest BCUT2D eigenvalue weighted by Gasteiger charge is 2.15. The summed E-state index contributed by atoms with van der Waals surface area (Å²) < 4.78 is 10.7.